The smallest absolute Gasteiger partial charge is 0.0946 e. The molecule has 0 heterocycles. The van der Waals surface area contributed by atoms with E-state index in [1.54, 1.807) is 0 Å². The van der Waals surface area contributed by atoms with Gasteiger partial charge in [0.1, 0.15) is 0 Å². The fourth-order valence-electron chi connectivity index (χ4n) is 2.52. The molecule has 1 atom stereocenters. The van der Waals surface area contributed by atoms with Gasteiger partial charge in [0.15, 0.2) is 0 Å². The second kappa shape index (κ2) is 5.87. The lowest BCUT2D eigenvalue weighted by Gasteiger charge is -2.32. The first kappa shape index (κ1) is 12.9. The standard InChI is InChI=1S/C14H24O3/c1-10(2)17-14-5-3-4-13(8-14)16-9-11-6-12(15)7-11/h4,10-12,14-15H,3,5-9H2,1-2H3. The van der Waals surface area contributed by atoms with Crippen LogP contribution in [-0.4, -0.2) is 30.0 Å². The molecule has 0 radical (unpaired) electrons. The summed E-state index contributed by atoms with van der Waals surface area (Å²) in [6.45, 7) is 4.92. The van der Waals surface area contributed by atoms with Crippen molar-refractivity contribution in [2.24, 2.45) is 5.92 Å². The summed E-state index contributed by atoms with van der Waals surface area (Å²) >= 11 is 0. The topological polar surface area (TPSA) is 38.7 Å². The van der Waals surface area contributed by atoms with Gasteiger partial charge < -0.3 is 14.6 Å². The van der Waals surface area contributed by atoms with Crippen LogP contribution in [0.15, 0.2) is 11.8 Å². The van der Waals surface area contributed by atoms with Crippen molar-refractivity contribution in [3.63, 3.8) is 0 Å². The van der Waals surface area contributed by atoms with E-state index in [1.807, 2.05) is 0 Å². The molecule has 2 aliphatic rings. The average molecular weight is 240 g/mol. The van der Waals surface area contributed by atoms with E-state index in [0.29, 0.717) is 18.1 Å². The van der Waals surface area contributed by atoms with Crippen molar-refractivity contribution in [2.75, 3.05) is 6.61 Å². The SMILES string of the molecule is CC(C)OC1CCC=C(OCC2CC(O)C2)C1. The molecule has 2 rings (SSSR count). The largest absolute Gasteiger partial charge is 0.498 e. The average Bonchev–Trinajstić information content (AvgIpc) is 2.22. The third kappa shape index (κ3) is 4.00. The maximum absolute atomic E-state index is 9.21. The molecule has 0 saturated heterocycles. The molecule has 1 fully saturated rings. The Hall–Kier alpha value is -0.540. The van der Waals surface area contributed by atoms with Gasteiger partial charge in [0, 0.05) is 6.42 Å². The van der Waals surface area contributed by atoms with E-state index in [9.17, 15) is 5.11 Å². The van der Waals surface area contributed by atoms with Crippen molar-refractivity contribution in [1.29, 1.82) is 0 Å². The van der Waals surface area contributed by atoms with Crippen LogP contribution in [0.25, 0.3) is 0 Å². The Morgan fingerprint density at radius 1 is 1.41 bits per heavy atom. The van der Waals surface area contributed by atoms with Gasteiger partial charge in [-0.1, -0.05) is 0 Å². The number of allylic oxidation sites excluding steroid dienone is 1. The van der Waals surface area contributed by atoms with E-state index in [4.69, 9.17) is 9.47 Å². The van der Waals surface area contributed by atoms with Crippen LogP contribution in [0.5, 0.6) is 0 Å². The molecule has 0 aromatic carbocycles. The lowest BCUT2D eigenvalue weighted by atomic mass is 9.83. The molecule has 1 saturated carbocycles. The molecule has 0 aromatic rings. The van der Waals surface area contributed by atoms with Gasteiger partial charge in [-0.2, -0.15) is 0 Å². The fraction of sp³-hybridized carbons (Fsp3) is 0.857. The normalized spacial score (nSPS) is 33.2. The third-order valence-electron chi connectivity index (χ3n) is 3.47. The lowest BCUT2D eigenvalue weighted by molar-refractivity contribution is -0.0220. The Morgan fingerprint density at radius 3 is 2.82 bits per heavy atom. The van der Waals surface area contributed by atoms with Crippen LogP contribution in [0.2, 0.25) is 0 Å². The molecule has 1 N–H and O–H groups in total. The van der Waals surface area contributed by atoms with Gasteiger partial charge >= 0.3 is 0 Å². The van der Waals surface area contributed by atoms with Crippen LogP contribution in [0.1, 0.15) is 46.0 Å². The molecule has 0 aromatic heterocycles. The molecule has 0 bridgehead atoms. The second-order valence-corrected chi connectivity index (χ2v) is 5.56. The molecular formula is C14H24O3. The van der Waals surface area contributed by atoms with Crippen LogP contribution in [0, 0.1) is 5.92 Å². The molecule has 98 valence electrons. The fourth-order valence-corrected chi connectivity index (χ4v) is 2.52. The first-order chi connectivity index (χ1) is 8.13. The number of hydrogen-bond acceptors (Lipinski definition) is 3. The minimum atomic E-state index is -0.0824. The van der Waals surface area contributed by atoms with Crippen molar-refractivity contribution in [3.05, 3.63) is 11.8 Å². The maximum Gasteiger partial charge on any atom is 0.0946 e. The number of hydrogen-bond donors (Lipinski definition) is 1. The van der Waals surface area contributed by atoms with Crippen molar-refractivity contribution in [2.45, 2.75) is 64.3 Å². The molecule has 0 amide bonds. The van der Waals surface area contributed by atoms with Gasteiger partial charge in [-0.25, -0.2) is 0 Å². The van der Waals surface area contributed by atoms with Crippen molar-refractivity contribution in [3.8, 4) is 0 Å². The number of aliphatic hydroxyl groups excluding tert-OH is 1. The Morgan fingerprint density at radius 2 is 2.18 bits per heavy atom. The van der Waals surface area contributed by atoms with E-state index in [0.717, 1.165) is 44.5 Å². The monoisotopic (exact) mass is 240 g/mol. The molecule has 2 aliphatic carbocycles. The van der Waals surface area contributed by atoms with Crippen molar-refractivity contribution >= 4 is 0 Å². The number of rotatable bonds is 5. The maximum atomic E-state index is 9.21. The molecule has 0 aliphatic heterocycles. The van der Waals surface area contributed by atoms with E-state index in [1.165, 1.54) is 0 Å². The van der Waals surface area contributed by atoms with Gasteiger partial charge in [-0.3, -0.25) is 0 Å². The summed E-state index contributed by atoms with van der Waals surface area (Å²) in [6, 6.07) is 0. The quantitative estimate of drug-likeness (QED) is 0.803. The minimum Gasteiger partial charge on any atom is -0.498 e. The van der Waals surface area contributed by atoms with Crippen LogP contribution >= 0.6 is 0 Å². The summed E-state index contributed by atoms with van der Waals surface area (Å²) in [5.41, 5.74) is 0. The van der Waals surface area contributed by atoms with E-state index in [-0.39, 0.29) is 6.10 Å². The molecule has 3 nitrogen and oxygen atoms in total. The van der Waals surface area contributed by atoms with E-state index in [2.05, 4.69) is 19.9 Å². The van der Waals surface area contributed by atoms with Gasteiger partial charge in [0.2, 0.25) is 0 Å². The van der Waals surface area contributed by atoms with E-state index < -0.39 is 0 Å². The zero-order chi connectivity index (χ0) is 12.3. The van der Waals surface area contributed by atoms with Gasteiger partial charge in [-0.15, -0.1) is 0 Å². The second-order valence-electron chi connectivity index (χ2n) is 5.56. The zero-order valence-corrected chi connectivity index (χ0v) is 10.9. The zero-order valence-electron chi connectivity index (χ0n) is 10.9. The summed E-state index contributed by atoms with van der Waals surface area (Å²) < 4.78 is 11.6. The molecular weight excluding hydrogens is 216 g/mol. The summed E-state index contributed by atoms with van der Waals surface area (Å²) in [7, 11) is 0. The Labute approximate surface area is 104 Å². The molecule has 0 spiro atoms. The van der Waals surface area contributed by atoms with Gasteiger partial charge in [-0.05, 0) is 51.5 Å². The summed E-state index contributed by atoms with van der Waals surface area (Å²) in [4.78, 5) is 0. The Kier molecular flexibility index (Phi) is 4.46. The highest BCUT2D eigenvalue weighted by Crippen LogP contribution is 2.29. The number of aliphatic hydroxyl groups is 1. The first-order valence-electron chi connectivity index (χ1n) is 6.79. The molecule has 1 unspecified atom stereocenters. The van der Waals surface area contributed by atoms with Crippen molar-refractivity contribution < 1.29 is 14.6 Å². The highest BCUT2D eigenvalue weighted by molar-refractivity contribution is 5.00. The van der Waals surface area contributed by atoms with Crippen LogP contribution in [0.4, 0.5) is 0 Å². The molecule has 3 heteroatoms. The predicted molar refractivity (Wildman–Crippen MR) is 66.6 cm³/mol. The third-order valence-corrected chi connectivity index (χ3v) is 3.47. The van der Waals surface area contributed by atoms with Crippen LogP contribution in [0.3, 0.4) is 0 Å². The van der Waals surface area contributed by atoms with Crippen molar-refractivity contribution in [1.82, 2.24) is 0 Å². The summed E-state index contributed by atoms with van der Waals surface area (Å²) in [5, 5.41) is 9.21. The summed E-state index contributed by atoms with van der Waals surface area (Å²) in [5.74, 6) is 1.64. The molecule has 17 heavy (non-hydrogen) atoms. The number of ether oxygens (including phenoxy) is 2. The van der Waals surface area contributed by atoms with Gasteiger partial charge in [0.05, 0.1) is 30.7 Å². The Balaban J connectivity index is 1.68. The highest BCUT2D eigenvalue weighted by atomic mass is 16.5. The van der Waals surface area contributed by atoms with E-state index >= 15 is 0 Å². The summed E-state index contributed by atoms with van der Waals surface area (Å²) in [6.07, 6.45) is 7.60. The Bertz CT molecular complexity index is 267. The first-order valence-corrected chi connectivity index (χ1v) is 6.79. The highest BCUT2D eigenvalue weighted by Gasteiger charge is 2.28. The van der Waals surface area contributed by atoms with Crippen LogP contribution < -0.4 is 0 Å². The van der Waals surface area contributed by atoms with Gasteiger partial charge in [0.25, 0.3) is 0 Å². The predicted octanol–water partition coefficient (Wildman–Crippen LogP) is 2.64. The minimum absolute atomic E-state index is 0.0824. The van der Waals surface area contributed by atoms with Crippen LogP contribution in [-0.2, 0) is 9.47 Å². The lowest BCUT2D eigenvalue weighted by Crippen LogP contribution is -2.32.